The molecule has 0 saturated carbocycles. The zero-order valence-electron chi connectivity index (χ0n) is 16.4. The Labute approximate surface area is 171 Å². The summed E-state index contributed by atoms with van der Waals surface area (Å²) in [6, 6.07) is 13.5. The van der Waals surface area contributed by atoms with E-state index in [9.17, 15) is 18.8 Å². The Bertz CT molecular complexity index is 1110. The first kappa shape index (κ1) is 19.6. The van der Waals surface area contributed by atoms with Crippen molar-refractivity contribution in [2.24, 2.45) is 0 Å². The van der Waals surface area contributed by atoms with Gasteiger partial charge in [0.05, 0.1) is 6.04 Å². The lowest BCUT2D eigenvalue weighted by molar-refractivity contribution is -0.135. The van der Waals surface area contributed by atoms with Crippen molar-refractivity contribution in [2.45, 2.75) is 25.4 Å². The molecule has 30 heavy (non-hydrogen) atoms. The number of hydrogen-bond donors (Lipinski definition) is 2. The van der Waals surface area contributed by atoms with Gasteiger partial charge in [-0.1, -0.05) is 30.3 Å². The number of carbonyl (C=O) groups excluding carboxylic acids is 3. The monoisotopic (exact) mass is 409 g/mol. The molecule has 4 amide bonds. The number of benzene rings is 2. The molecule has 1 aliphatic rings. The maximum atomic E-state index is 13.2. The van der Waals surface area contributed by atoms with Gasteiger partial charge >= 0.3 is 6.03 Å². The third-order valence-corrected chi connectivity index (χ3v) is 5.25. The second-order valence-electron chi connectivity index (χ2n) is 7.43. The molecule has 1 fully saturated rings. The van der Waals surface area contributed by atoms with Crippen molar-refractivity contribution in [3.8, 4) is 0 Å². The molecule has 8 heteroatoms. The summed E-state index contributed by atoms with van der Waals surface area (Å²) in [4.78, 5) is 38.6. The Morgan fingerprint density at radius 2 is 1.90 bits per heavy atom. The van der Waals surface area contributed by atoms with Crippen molar-refractivity contribution in [1.29, 1.82) is 0 Å². The second kappa shape index (κ2) is 7.29. The summed E-state index contributed by atoms with van der Waals surface area (Å²) in [6.45, 7) is 2.84. The molecule has 1 aliphatic heterocycles. The number of fused-ring (bicyclic) bond motifs is 1. The smallest absolute Gasteiger partial charge is 0.325 e. The van der Waals surface area contributed by atoms with Crippen LogP contribution >= 0.6 is 0 Å². The highest BCUT2D eigenvalue weighted by Crippen LogP contribution is 2.29. The predicted octanol–water partition coefficient (Wildman–Crippen LogP) is 3.22. The van der Waals surface area contributed by atoms with Crippen molar-refractivity contribution in [1.82, 2.24) is 15.5 Å². The molecule has 2 N–H and O–H groups in total. The van der Waals surface area contributed by atoms with E-state index < -0.39 is 41.8 Å². The van der Waals surface area contributed by atoms with Gasteiger partial charge in [-0.25, -0.2) is 9.18 Å². The van der Waals surface area contributed by atoms with Gasteiger partial charge in [0.2, 0.25) is 5.91 Å². The lowest BCUT2D eigenvalue weighted by atomic mass is 9.92. The van der Waals surface area contributed by atoms with Gasteiger partial charge in [0.1, 0.15) is 29.2 Å². The van der Waals surface area contributed by atoms with Gasteiger partial charge < -0.3 is 15.1 Å². The molecule has 1 saturated heterocycles. The number of carbonyl (C=O) groups is 3. The van der Waals surface area contributed by atoms with Crippen LogP contribution in [0.1, 0.15) is 31.2 Å². The number of halogens is 1. The molecule has 2 aromatic carbocycles. The number of para-hydroxylation sites is 1. The van der Waals surface area contributed by atoms with Gasteiger partial charge in [0.25, 0.3) is 5.91 Å². The Kier molecular flexibility index (Phi) is 4.77. The van der Waals surface area contributed by atoms with Crippen LogP contribution in [0.3, 0.4) is 0 Å². The number of nitrogens with one attached hydrogen (secondary N) is 2. The van der Waals surface area contributed by atoms with E-state index in [1.54, 1.807) is 6.92 Å². The van der Waals surface area contributed by atoms with E-state index in [1.165, 1.54) is 31.2 Å². The molecule has 0 bridgehead atoms. The quantitative estimate of drug-likeness (QED) is 0.633. The number of furan rings is 1. The number of urea groups is 1. The van der Waals surface area contributed by atoms with E-state index in [0.29, 0.717) is 16.9 Å². The third kappa shape index (κ3) is 3.41. The summed E-state index contributed by atoms with van der Waals surface area (Å²) < 4.78 is 18.9. The molecular weight excluding hydrogens is 389 g/mol. The minimum atomic E-state index is -1.37. The third-order valence-electron chi connectivity index (χ3n) is 5.25. The van der Waals surface area contributed by atoms with Crippen LogP contribution in [0, 0.1) is 5.82 Å². The number of amides is 4. The van der Waals surface area contributed by atoms with Gasteiger partial charge in [-0.15, -0.1) is 0 Å². The zero-order chi connectivity index (χ0) is 21.5. The molecule has 4 rings (SSSR count). The summed E-state index contributed by atoms with van der Waals surface area (Å²) in [7, 11) is 0. The highest BCUT2D eigenvalue weighted by atomic mass is 19.1. The van der Waals surface area contributed by atoms with E-state index in [1.807, 2.05) is 30.3 Å². The molecule has 0 aliphatic carbocycles. The van der Waals surface area contributed by atoms with Crippen LogP contribution in [0.25, 0.3) is 11.0 Å². The van der Waals surface area contributed by atoms with Crippen molar-refractivity contribution in [3.05, 3.63) is 71.7 Å². The fraction of sp³-hybridized carbons (Fsp3) is 0.227. The summed E-state index contributed by atoms with van der Waals surface area (Å²) in [5.41, 5.74) is -0.228. The highest BCUT2D eigenvalue weighted by molar-refractivity contribution is 6.09. The van der Waals surface area contributed by atoms with Gasteiger partial charge in [-0.3, -0.25) is 14.5 Å². The first-order valence-electron chi connectivity index (χ1n) is 9.46. The average molecular weight is 409 g/mol. The molecule has 0 spiro atoms. The molecule has 7 nitrogen and oxygen atoms in total. The maximum absolute atomic E-state index is 13.2. The first-order chi connectivity index (χ1) is 14.3. The topological polar surface area (TPSA) is 91.7 Å². The van der Waals surface area contributed by atoms with E-state index in [0.717, 1.165) is 10.3 Å². The van der Waals surface area contributed by atoms with Crippen LogP contribution in [-0.4, -0.2) is 29.3 Å². The molecule has 3 aromatic rings. The molecule has 0 radical (unpaired) electrons. The predicted molar refractivity (Wildman–Crippen MR) is 107 cm³/mol. The molecule has 2 atom stereocenters. The van der Waals surface area contributed by atoms with Crippen LogP contribution in [0.2, 0.25) is 0 Å². The number of hydrogen-bond acceptors (Lipinski definition) is 4. The molecule has 154 valence electrons. The van der Waals surface area contributed by atoms with E-state index in [-0.39, 0.29) is 0 Å². The zero-order valence-corrected chi connectivity index (χ0v) is 16.4. The largest absolute Gasteiger partial charge is 0.459 e. The Morgan fingerprint density at radius 1 is 1.20 bits per heavy atom. The second-order valence-corrected chi connectivity index (χ2v) is 7.43. The van der Waals surface area contributed by atoms with Crippen molar-refractivity contribution in [2.75, 3.05) is 6.54 Å². The lowest BCUT2D eigenvalue weighted by Gasteiger charge is -2.22. The molecular formula is C22H20FN3O4. The van der Waals surface area contributed by atoms with Gasteiger partial charge in [0.15, 0.2) is 0 Å². The van der Waals surface area contributed by atoms with Gasteiger partial charge in [-0.05, 0) is 43.7 Å². The Balaban J connectivity index is 1.45. The van der Waals surface area contributed by atoms with Crippen LogP contribution in [0.5, 0.6) is 0 Å². The van der Waals surface area contributed by atoms with Crippen LogP contribution in [0.15, 0.2) is 59.0 Å². The summed E-state index contributed by atoms with van der Waals surface area (Å²) >= 11 is 0. The standard InChI is InChI=1S/C22H20FN3O4/c1-13(18-11-14-5-3-4-6-17(14)30-18)24-19(27)12-26-20(28)22(2,25-21(26)29)15-7-9-16(23)10-8-15/h3-11,13H,12H2,1-2H3,(H,24,27)(H,25,29)/t13-,22-/m1/s1. The summed E-state index contributed by atoms with van der Waals surface area (Å²) in [5.74, 6) is -0.965. The normalized spacial score (nSPS) is 19.8. The van der Waals surface area contributed by atoms with Crippen molar-refractivity contribution < 1.29 is 23.2 Å². The fourth-order valence-electron chi connectivity index (χ4n) is 3.54. The highest BCUT2D eigenvalue weighted by Gasteiger charge is 2.49. The number of rotatable bonds is 5. The maximum Gasteiger partial charge on any atom is 0.325 e. The number of nitrogens with zero attached hydrogens (tertiary/aromatic N) is 1. The van der Waals surface area contributed by atoms with Gasteiger partial charge in [0, 0.05) is 5.39 Å². The van der Waals surface area contributed by atoms with E-state index in [2.05, 4.69) is 10.6 Å². The minimum absolute atomic E-state index is 0.431. The van der Waals surface area contributed by atoms with E-state index in [4.69, 9.17) is 4.42 Å². The molecule has 1 aromatic heterocycles. The average Bonchev–Trinajstić information content (AvgIpc) is 3.24. The molecule has 0 unspecified atom stereocenters. The fourth-order valence-corrected chi connectivity index (χ4v) is 3.54. The Hall–Kier alpha value is -3.68. The van der Waals surface area contributed by atoms with Gasteiger partial charge in [-0.2, -0.15) is 0 Å². The minimum Gasteiger partial charge on any atom is -0.459 e. The van der Waals surface area contributed by atoms with Crippen molar-refractivity contribution in [3.63, 3.8) is 0 Å². The number of imide groups is 1. The lowest BCUT2D eigenvalue weighted by Crippen LogP contribution is -2.43. The SMILES string of the molecule is C[C@@H](NC(=O)CN1C(=O)N[C@](C)(c2ccc(F)cc2)C1=O)c1cc2ccccc2o1. The van der Waals surface area contributed by atoms with E-state index >= 15 is 0 Å². The summed E-state index contributed by atoms with van der Waals surface area (Å²) in [6.07, 6.45) is 0. The van der Waals surface area contributed by atoms with Crippen molar-refractivity contribution >= 4 is 28.8 Å². The van der Waals surface area contributed by atoms with Crippen LogP contribution < -0.4 is 10.6 Å². The Morgan fingerprint density at radius 3 is 2.60 bits per heavy atom. The first-order valence-corrected chi connectivity index (χ1v) is 9.46. The van der Waals surface area contributed by atoms with Crippen LogP contribution in [-0.2, 0) is 15.1 Å². The van der Waals surface area contributed by atoms with Crippen LogP contribution in [0.4, 0.5) is 9.18 Å². The molecule has 2 heterocycles. The summed E-state index contributed by atoms with van der Waals surface area (Å²) in [5, 5.41) is 6.25.